The Bertz CT molecular complexity index is 1390. The summed E-state index contributed by atoms with van der Waals surface area (Å²) in [5.74, 6) is 5.20. The molecule has 1 aromatic carbocycles. The Labute approximate surface area is 194 Å². The number of fused-ring (bicyclic) bond motifs is 1. The van der Waals surface area contributed by atoms with Crippen LogP contribution in [0.3, 0.4) is 0 Å². The minimum Gasteiger partial charge on any atom is -0.420 e. The molecule has 0 saturated carbocycles. The van der Waals surface area contributed by atoms with Crippen molar-refractivity contribution < 1.29 is 17.9 Å². The van der Waals surface area contributed by atoms with Crippen LogP contribution in [0.15, 0.2) is 54.2 Å². The van der Waals surface area contributed by atoms with E-state index < -0.39 is 17.2 Å². The van der Waals surface area contributed by atoms with E-state index in [9.17, 15) is 18.4 Å². The number of nitrogens with one attached hydrogen (secondary N) is 1. The summed E-state index contributed by atoms with van der Waals surface area (Å²) in [6.07, 6.45) is -1.54. The molecule has 0 amide bonds. The van der Waals surface area contributed by atoms with Gasteiger partial charge in [-0.2, -0.15) is 18.4 Å². The van der Waals surface area contributed by atoms with E-state index in [4.69, 9.17) is 10.5 Å². The third kappa shape index (κ3) is 3.65. The molecule has 34 heavy (non-hydrogen) atoms. The number of hydrogen-bond donors (Lipinski definition) is 2. The minimum absolute atomic E-state index is 0.0185. The topological polar surface area (TPSA) is 101 Å². The second-order valence-corrected chi connectivity index (χ2v) is 8.23. The number of aromatic amines is 1. The fourth-order valence-corrected chi connectivity index (χ4v) is 4.43. The Morgan fingerprint density at radius 3 is 2.53 bits per heavy atom. The van der Waals surface area contributed by atoms with Gasteiger partial charge in [0.15, 0.2) is 0 Å². The number of benzene rings is 1. The lowest BCUT2D eigenvalue weighted by Crippen LogP contribution is -2.41. The summed E-state index contributed by atoms with van der Waals surface area (Å²) >= 11 is 0. The van der Waals surface area contributed by atoms with E-state index in [2.05, 4.69) is 33.1 Å². The molecule has 2 aromatic heterocycles. The van der Waals surface area contributed by atoms with Gasteiger partial charge in [0, 0.05) is 29.2 Å². The molecule has 4 rings (SSSR count). The maximum Gasteiger partial charge on any atom is 0.416 e. The van der Waals surface area contributed by atoms with Gasteiger partial charge in [0.05, 0.1) is 16.5 Å². The third-order valence-corrected chi connectivity index (χ3v) is 5.86. The Kier molecular flexibility index (Phi) is 5.58. The van der Waals surface area contributed by atoms with Gasteiger partial charge < -0.3 is 10.5 Å². The van der Waals surface area contributed by atoms with Gasteiger partial charge in [-0.15, -0.1) is 5.10 Å². The highest BCUT2D eigenvalue weighted by atomic mass is 19.4. The summed E-state index contributed by atoms with van der Waals surface area (Å²) in [5, 5.41) is 17.0. The largest absolute Gasteiger partial charge is 0.420 e. The average Bonchev–Trinajstić information content (AvgIpc) is 3.16. The van der Waals surface area contributed by atoms with E-state index in [-0.39, 0.29) is 34.4 Å². The van der Waals surface area contributed by atoms with Gasteiger partial charge in [0.25, 0.3) is 0 Å². The van der Waals surface area contributed by atoms with Crippen LogP contribution in [0.4, 0.5) is 13.2 Å². The first-order valence-corrected chi connectivity index (χ1v) is 10.4. The molecule has 1 atom stereocenters. The van der Waals surface area contributed by atoms with Crippen molar-refractivity contribution in [2.75, 3.05) is 0 Å². The van der Waals surface area contributed by atoms with Crippen LogP contribution in [0.1, 0.15) is 47.4 Å². The number of pyridine rings is 1. The minimum atomic E-state index is -4.64. The van der Waals surface area contributed by atoms with Gasteiger partial charge >= 0.3 is 6.18 Å². The van der Waals surface area contributed by atoms with Gasteiger partial charge in [-0.1, -0.05) is 25.7 Å². The van der Waals surface area contributed by atoms with Crippen molar-refractivity contribution in [3.05, 3.63) is 87.7 Å². The molecule has 9 heteroatoms. The highest BCUT2D eigenvalue weighted by Crippen LogP contribution is 2.53. The van der Waals surface area contributed by atoms with Gasteiger partial charge in [-0.05, 0) is 48.7 Å². The summed E-state index contributed by atoms with van der Waals surface area (Å²) in [5.41, 5.74) is 5.83. The first-order valence-electron chi connectivity index (χ1n) is 10.4. The number of alkyl halides is 3. The SMILES string of the molecule is Cc1[nH]nc2c1C(c1cc(C#Cc3cccnc3)cc(C(F)(F)F)c1)(C(C)C)C(C#N)=C(N)O2. The summed E-state index contributed by atoms with van der Waals surface area (Å²) in [4.78, 5) is 3.97. The summed E-state index contributed by atoms with van der Waals surface area (Å²) in [6, 6.07) is 9.07. The Morgan fingerprint density at radius 2 is 1.91 bits per heavy atom. The zero-order chi connectivity index (χ0) is 24.7. The molecular formula is C25H20F3N5O. The fraction of sp³-hybridized carbons (Fsp3) is 0.240. The van der Waals surface area contributed by atoms with Crippen LogP contribution >= 0.6 is 0 Å². The normalized spacial score (nSPS) is 17.5. The van der Waals surface area contributed by atoms with Crippen LogP contribution in [0, 0.1) is 36.0 Å². The van der Waals surface area contributed by atoms with Crippen LogP contribution in [-0.4, -0.2) is 15.2 Å². The summed E-state index contributed by atoms with van der Waals surface area (Å²) < 4.78 is 47.5. The lowest BCUT2D eigenvalue weighted by Gasteiger charge is -2.41. The molecule has 3 N–H and O–H groups in total. The summed E-state index contributed by atoms with van der Waals surface area (Å²) in [7, 11) is 0. The highest BCUT2D eigenvalue weighted by Gasteiger charge is 2.51. The number of rotatable bonds is 2. The van der Waals surface area contributed by atoms with Crippen molar-refractivity contribution in [3.63, 3.8) is 0 Å². The van der Waals surface area contributed by atoms with E-state index in [1.165, 1.54) is 6.20 Å². The molecule has 1 aliphatic heterocycles. The molecule has 1 unspecified atom stereocenters. The molecular weight excluding hydrogens is 443 g/mol. The van der Waals surface area contributed by atoms with Crippen LogP contribution in [0.25, 0.3) is 0 Å². The third-order valence-electron chi connectivity index (χ3n) is 5.86. The molecule has 3 aromatic rings. The number of aryl methyl sites for hydroxylation is 1. The molecule has 0 bridgehead atoms. The van der Waals surface area contributed by atoms with Crippen LogP contribution < -0.4 is 10.5 Å². The second-order valence-electron chi connectivity index (χ2n) is 8.23. The predicted molar refractivity (Wildman–Crippen MR) is 118 cm³/mol. The Hall–Kier alpha value is -4.24. The lowest BCUT2D eigenvalue weighted by molar-refractivity contribution is -0.137. The molecule has 0 spiro atoms. The van der Waals surface area contributed by atoms with Gasteiger partial charge in [-0.25, -0.2) is 0 Å². The fourth-order valence-electron chi connectivity index (χ4n) is 4.43. The van der Waals surface area contributed by atoms with Gasteiger partial charge in [0.2, 0.25) is 11.8 Å². The van der Waals surface area contributed by atoms with Crippen molar-refractivity contribution in [1.29, 1.82) is 5.26 Å². The van der Waals surface area contributed by atoms with Crippen LogP contribution in [0.2, 0.25) is 0 Å². The Morgan fingerprint density at radius 1 is 1.18 bits per heavy atom. The maximum atomic E-state index is 14.0. The first kappa shape index (κ1) is 22.9. The monoisotopic (exact) mass is 463 g/mol. The first-order chi connectivity index (χ1) is 16.1. The quantitative estimate of drug-likeness (QED) is 0.543. The van der Waals surface area contributed by atoms with Crippen molar-refractivity contribution in [2.45, 2.75) is 32.4 Å². The Balaban J connectivity index is 2.06. The van der Waals surface area contributed by atoms with E-state index >= 15 is 0 Å². The van der Waals surface area contributed by atoms with Crippen molar-refractivity contribution >= 4 is 0 Å². The van der Waals surface area contributed by atoms with E-state index in [0.29, 0.717) is 16.8 Å². The number of allylic oxidation sites excluding steroid dienone is 1. The van der Waals surface area contributed by atoms with Gasteiger partial charge in [-0.3, -0.25) is 10.1 Å². The van der Waals surface area contributed by atoms with Crippen molar-refractivity contribution in [1.82, 2.24) is 15.2 Å². The zero-order valence-electron chi connectivity index (χ0n) is 18.6. The molecule has 0 aliphatic carbocycles. The van der Waals surface area contributed by atoms with Crippen molar-refractivity contribution in [3.8, 4) is 23.8 Å². The summed E-state index contributed by atoms with van der Waals surface area (Å²) in [6.45, 7) is 5.35. The number of nitrogens with two attached hydrogens (primary N) is 1. The highest BCUT2D eigenvalue weighted by molar-refractivity contribution is 5.63. The molecule has 1 aliphatic rings. The number of H-pyrrole nitrogens is 1. The number of halogens is 3. The van der Waals surface area contributed by atoms with Crippen LogP contribution in [0.5, 0.6) is 5.88 Å². The van der Waals surface area contributed by atoms with E-state index in [1.54, 1.807) is 31.3 Å². The number of hydrogen-bond acceptors (Lipinski definition) is 5. The zero-order valence-corrected chi connectivity index (χ0v) is 18.6. The molecule has 6 nitrogen and oxygen atoms in total. The van der Waals surface area contributed by atoms with Crippen molar-refractivity contribution in [2.24, 2.45) is 11.7 Å². The molecule has 0 radical (unpaired) electrons. The number of ether oxygens (including phenoxy) is 1. The lowest BCUT2D eigenvalue weighted by atomic mass is 9.61. The maximum absolute atomic E-state index is 14.0. The number of nitrogens with zero attached hydrogens (tertiary/aromatic N) is 3. The second kappa shape index (κ2) is 8.27. The standard InChI is InChI=1S/C25H20F3N5O/c1-14(2)24(20(12-29)22(30)34-23-21(24)15(3)32-33-23)18-9-17(10-19(11-18)25(26,27)28)7-6-16-5-4-8-31-13-16/h4-5,8-11,13-14H,30H2,1-3H3,(H,32,33). The van der Waals surface area contributed by atoms with Crippen LogP contribution in [-0.2, 0) is 11.6 Å². The molecule has 172 valence electrons. The smallest absolute Gasteiger partial charge is 0.416 e. The van der Waals surface area contributed by atoms with E-state index in [1.807, 2.05) is 13.8 Å². The molecule has 3 heterocycles. The van der Waals surface area contributed by atoms with Gasteiger partial charge in [0.1, 0.15) is 11.6 Å². The number of aromatic nitrogens is 3. The number of nitriles is 1. The average molecular weight is 463 g/mol. The molecule has 0 saturated heterocycles. The molecule has 0 fully saturated rings. The van der Waals surface area contributed by atoms with E-state index in [0.717, 1.165) is 12.1 Å². The predicted octanol–water partition coefficient (Wildman–Crippen LogP) is 4.56.